The average Bonchev–Trinajstić information content (AvgIpc) is 2.98. The highest BCUT2D eigenvalue weighted by Crippen LogP contribution is 2.11. The Bertz CT molecular complexity index is 1170. The fourth-order valence-electron chi connectivity index (χ4n) is 2.76. The smallest absolute Gasteiger partial charge is 0.333 e. The molecule has 0 N–H and O–H groups in total. The molecule has 29 heavy (non-hydrogen) atoms. The summed E-state index contributed by atoms with van der Waals surface area (Å²) in [6.45, 7) is 1.77. The molecule has 3 rings (SSSR count). The summed E-state index contributed by atoms with van der Waals surface area (Å²) >= 11 is 4.50. The maximum atomic E-state index is 13.1. The van der Waals surface area contributed by atoms with Crippen molar-refractivity contribution in [1.82, 2.24) is 9.47 Å². The third kappa shape index (κ3) is 4.83. The Labute approximate surface area is 179 Å². The maximum Gasteiger partial charge on any atom is 0.333 e. The van der Waals surface area contributed by atoms with Crippen LogP contribution in [0.1, 0.15) is 17.3 Å². The Morgan fingerprint density at radius 3 is 2.59 bits per heavy atom. The number of esters is 1. The Kier molecular flexibility index (Phi) is 6.66. The molecule has 1 aromatic carbocycles. The van der Waals surface area contributed by atoms with Gasteiger partial charge in [0.2, 0.25) is 0 Å². The molecular formula is C21H19BrN2O4S. The van der Waals surface area contributed by atoms with Crippen LogP contribution in [0.25, 0.3) is 11.8 Å². The van der Waals surface area contributed by atoms with E-state index in [0.29, 0.717) is 20.5 Å². The van der Waals surface area contributed by atoms with E-state index in [4.69, 9.17) is 4.74 Å². The number of ether oxygens (including phenoxy) is 1. The van der Waals surface area contributed by atoms with Crippen LogP contribution in [0.15, 0.2) is 58.0 Å². The van der Waals surface area contributed by atoms with Crippen LogP contribution < -0.4 is 14.8 Å². The van der Waals surface area contributed by atoms with E-state index in [2.05, 4.69) is 15.9 Å². The van der Waals surface area contributed by atoms with Crippen LogP contribution in [0.3, 0.4) is 0 Å². The minimum Gasteiger partial charge on any atom is -0.463 e. The second-order valence-corrected chi connectivity index (χ2v) is 8.13. The van der Waals surface area contributed by atoms with Crippen molar-refractivity contribution < 1.29 is 14.3 Å². The van der Waals surface area contributed by atoms with Gasteiger partial charge in [0.1, 0.15) is 9.20 Å². The van der Waals surface area contributed by atoms with Crippen molar-refractivity contribution in [3.05, 3.63) is 78.3 Å². The molecule has 0 saturated heterocycles. The SMILES string of the molecule is CCOC(=O)/C=c1\s/c(=C2\C=CC=CN2C)c(=O)n1CC(=O)c1ccc(Br)cc1. The number of ketones is 1. The summed E-state index contributed by atoms with van der Waals surface area (Å²) in [7, 11) is 1.83. The Balaban J connectivity index is 2.13. The number of carbonyl (C=O) groups excluding carboxylic acids is 2. The number of aromatic nitrogens is 1. The van der Waals surface area contributed by atoms with E-state index in [-0.39, 0.29) is 24.5 Å². The van der Waals surface area contributed by atoms with Gasteiger partial charge in [-0.25, -0.2) is 4.79 Å². The summed E-state index contributed by atoms with van der Waals surface area (Å²) in [6, 6.07) is 6.92. The van der Waals surface area contributed by atoms with Gasteiger partial charge in [0, 0.05) is 23.3 Å². The molecule has 6 nitrogen and oxygen atoms in total. The molecular weight excluding hydrogens is 456 g/mol. The number of nitrogens with zero attached hydrogens (tertiary/aromatic N) is 2. The van der Waals surface area contributed by atoms with Gasteiger partial charge in [-0.15, -0.1) is 11.3 Å². The second-order valence-electron chi connectivity index (χ2n) is 6.18. The van der Waals surface area contributed by atoms with Gasteiger partial charge in [0.05, 0.1) is 24.9 Å². The highest BCUT2D eigenvalue weighted by molar-refractivity contribution is 9.10. The maximum absolute atomic E-state index is 13.1. The van der Waals surface area contributed by atoms with Gasteiger partial charge >= 0.3 is 5.97 Å². The van der Waals surface area contributed by atoms with Crippen LogP contribution in [-0.4, -0.2) is 34.9 Å². The van der Waals surface area contributed by atoms with Crippen molar-refractivity contribution in [2.45, 2.75) is 13.5 Å². The first-order valence-electron chi connectivity index (χ1n) is 8.89. The first kappa shape index (κ1) is 21.0. The normalized spacial score (nSPS) is 15.7. The highest BCUT2D eigenvalue weighted by atomic mass is 79.9. The molecule has 0 spiro atoms. The van der Waals surface area contributed by atoms with Gasteiger partial charge < -0.3 is 9.64 Å². The Hall–Kier alpha value is -2.71. The highest BCUT2D eigenvalue weighted by Gasteiger charge is 2.15. The van der Waals surface area contributed by atoms with Crippen LogP contribution in [-0.2, 0) is 16.1 Å². The molecule has 2 heterocycles. The van der Waals surface area contributed by atoms with E-state index in [1.54, 1.807) is 31.2 Å². The number of hydrogen-bond donors (Lipinski definition) is 0. The lowest BCUT2D eigenvalue weighted by molar-refractivity contribution is -0.135. The summed E-state index contributed by atoms with van der Waals surface area (Å²) in [6.07, 6.45) is 8.61. The van der Waals surface area contributed by atoms with Gasteiger partial charge in [-0.05, 0) is 31.2 Å². The molecule has 2 aromatic rings. The molecule has 1 aliphatic heterocycles. The van der Waals surface area contributed by atoms with Crippen molar-refractivity contribution >= 4 is 50.8 Å². The van der Waals surface area contributed by atoms with Crippen LogP contribution in [0.2, 0.25) is 0 Å². The topological polar surface area (TPSA) is 68.6 Å². The number of carbonyl (C=O) groups is 2. The fourth-order valence-corrected chi connectivity index (χ4v) is 4.16. The monoisotopic (exact) mass is 474 g/mol. The third-order valence-electron chi connectivity index (χ3n) is 4.20. The van der Waals surface area contributed by atoms with Crippen molar-refractivity contribution in [2.24, 2.45) is 0 Å². The van der Waals surface area contributed by atoms with Gasteiger partial charge in [0.15, 0.2) is 5.78 Å². The summed E-state index contributed by atoms with van der Waals surface area (Å²) in [5.74, 6) is -0.775. The van der Waals surface area contributed by atoms with Gasteiger partial charge in [0.25, 0.3) is 5.56 Å². The van der Waals surface area contributed by atoms with Crippen molar-refractivity contribution in [1.29, 1.82) is 0 Å². The zero-order valence-corrected chi connectivity index (χ0v) is 18.3. The molecule has 150 valence electrons. The molecule has 0 saturated carbocycles. The van der Waals surface area contributed by atoms with E-state index in [9.17, 15) is 14.4 Å². The van der Waals surface area contributed by atoms with E-state index in [0.717, 1.165) is 15.8 Å². The Morgan fingerprint density at radius 2 is 1.93 bits per heavy atom. The largest absolute Gasteiger partial charge is 0.463 e. The molecule has 1 aliphatic rings. The summed E-state index contributed by atoms with van der Waals surface area (Å²) in [4.78, 5) is 39.7. The lowest BCUT2D eigenvalue weighted by Crippen LogP contribution is -2.36. The molecule has 0 aliphatic carbocycles. The number of likely N-dealkylation sites (N-methyl/N-ethyl adjacent to an activating group) is 1. The van der Waals surface area contributed by atoms with E-state index in [1.165, 1.54) is 10.6 Å². The van der Waals surface area contributed by atoms with Gasteiger partial charge in [-0.2, -0.15) is 0 Å². The number of Topliss-reactive ketones (excluding diaryl/α,β-unsaturated/α-hetero) is 1. The average molecular weight is 475 g/mol. The summed E-state index contributed by atoms with van der Waals surface area (Å²) < 4.78 is 7.99. The molecule has 8 heteroatoms. The zero-order chi connectivity index (χ0) is 21.0. The molecule has 0 amide bonds. The van der Waals surface area contributed by atoms with Crippen molar-refractivity contribution in [3.63, 3.8) is 0 Å². The number of allylic oxidation sites excluding steroid dienone is 2. The standard InChI is InChI=1S/C21H19BrN2O4S/c1-3-28-19(26)12-18-24(13-17(25)14-7-9-15(22)10-8-14)21(27)20(29-18)16-6-4-5-11-23(16)2/h4-12H,3,13H2,1-2H3/b18-12-,20-16+. The zero-order valence-electron chi connectivity index (χ0n) is 15.9. The minimum absolute atomic E-state index is 0.168. The van der Waals surface area contributed by atoms with E-state index < -0.39 is 5.97 Å². The van der Waals surface area contributed by atoms with Crippen LogP contribution in [0.4, 0.5) is 0 Å². The van der Waals surface area contributed by atoms with Crippen LogP contribution >= 0.6 is 27.3 Å². The minimum atomic E-state index is -0.553. The summed E-state index contributed by atoms with van der Waals surface area (Å²) in [5.41, 5.74) is 0.869. The van der Waals surface area contributed by atoms with E-state index >= 15 is 0 Å². The second kappa shape index (κ2) is 9.19. The lowest BCUT2D eigenvalue weighted by Gasteiger charge is -2.16. The van der Waals surface area contributed by atoms with Crippen LogP contribution in [0.5, 0.6) is 0 Å². The number of thiazole rings is 1. The Morgan fingerprint density at radius 1 is 1.21 bits per heavy atom. The molecule has 0 fully saturated rings. The number of benzene rings is 1. The molecule has 0 atom stereocenters. The quantitative estimate of drug-likeness (QED) is 0.489. The number of halogens is 1. The van der Waals surface area contributed by atoms with Crippen molar-refractivity contribution in [2.75, 3.05) is 13.7 Å². The first-order valence-corrected chi connectivity index (χ1v) is 10.5. The fraction of sp³-hybridized carbons (Fsp3) is 0.190. The molecule has 0 bridgehead atoms. The predicted molar refractivity (Wildman–Crippen MR) is 117 cm³/mol. The number of rotatable bonds is 5. The molecule has 0 radical (unpaired) electrons. The van der Waals surface area contributed by atoms with Gasteiger partial charge in [-0.3, -0.25) is 14.2 Å². The van der Waals surface area contributed by atoms with E-state index in [1.807, 2.05) is 36.4 Å². The number of hydrogen-bond acceptors (Lipinski definition) is 6. The molecule has 0 unspecified atom stereocenters. The predicted octanol–water partition coefficient (Wildman–Crippen LogP) is 2.02. The summed E-state index contributed by atoms with van der Waals surface area (Å²) in [5, 5.41) is 0. The lowest BCUT2D eigenvalue weighted by atomic mass is 10.1. The van der Waals surface area contributed by atoms with Crippen molar-refractivity contribution in [3.8, 4) is 0 Å². The molecule has 1 aromatic heterocycles. The van der Waals surface area contributed by atoms with Gasteiger partial charge in [-0.1, -0.05) is 34.1 Å². The first-order chi connectivity index (χ1) is 13.9. The van der Waals surface area contributed by atoms with Crippen LogP contribution in [0, 0.1) is 0 Å². The third-order valence-corrected chi connectivity index (χ3v) is 5.86.